The smallest absolute Gasteiger partial charge is 0.140 e. The Balaban J connectivity index is 2.11. The number of carbonyl (C=O) groups is 1. The molecule has 0 bridgehead atoms. The van der Waals surface area contributed by atoms with Gasteiger partial charge in [0.25, 0.3) is 0 Å². The predicted molar refractivity (Wildman–Crippen MR) is 89.3 cm³/mol. The number of Topliss-reactive ketones (excluding diaryl/α,β-unsaturated/α-hetero) is 1. The minimum atomic E-state index is 0.245. The van der Waals surface area contributed by atoms with Crippen molar-refractivity contribution in [2.24, 2.45) is 23.2 Å². The van der Waals surface area contributed by atoms with Crippen molar-refractivity contribution in [3.8, 4) is 0 Å². The van der Waals surface area contributed by atoms with Crippen molar-refractivity contribution in [1.82, 2.24) is 0 Å². The van der Waals surface area contributed by atoms with Crippen molar-refractivity contribution in [3.05, 3.63) is 35.4 Å². The Morgan fingerprint density at radius 3 is 2.43 bits per heavy atom. The van der Waals surface area contributed by atoms with E-state index in [-0.39, 0.29) is 5.92 Å². The topological polar surface area (TPSA) is 17.1 Å². The van der Waals surface area contributed by atoms with Crippen molar-refractivity contribution in [2.75, 3.05) is 0 Å². The number of ketones is 1. The number of hydrogen-bond donors (Lipinski definition) is 0. The average molecular weight is 286 g/mol. The summed E-state index contributed by atoms with van der Waals surface area (Å²) >= 11 is 0. The molecule has 1 saturated carbocycles. The van der Waals surface area contributed by atoms with Crippen molar-refractivity contribution < 1.29 is 4.79 Å². The molecule has 2 unspecified atom stereocenters. The molecule has 0 aliphatic heterocycles. The van der Waals surface area contributed by atoms with Gasteiger partial charge < -0.3 is 0 Å². The van der Waals surface area contributed by atoms with Crippen LogP contribution in [0.5, 0.6) is 0 Å². The van der Waals surface area contributed by atoms with E-state index in [0.717, 1.165) is 12.0 Å². The minimum absolute atomic E-state index is 0.245. The SMILES string of the molecule is Cc1ccc(CC(=O)C2CC(C)(C)CCC2C(C)C)cc1. The molecule has 116 valence electrons. The third-order valence-corrected chi connectivity index (χ3v) is 5.21. The van der Waals surface area contributed by atoms with Crippen LogP contribution in [0.2, 0.25) is 0 Å². The van der Waals surface area contributed by atoms with Crippen molar-refractivity contribution in [2.45, 2.75) is 60.3 Å². The molecule has 0 radical (unpaired) electrons. The zero-order valence-corrected chi connectivity index (χ0v) is 14.3. The lowest BCUT2D eigenvalue weighted by atomic mass is 9.62. The van der Waals surface area contributed by atoms with E-state index < -0.39 is 0 Å². The molecule has 0 spiro atoms. The Kier molecular flexibility index (Phi) is 4.91. The lowest BCUT2D eigenvalue weighted by molar-refractivity contribution is -0.127. The molecule has 1 aromatic rings. The molecule has 21 heavy (non-hydrogen) atoms. The van der Waals surface area contributed by atoms with Gasteiger partial charge in [-0.1, -0.05) is 57.5 Å². The highest BCUT2D eigenvalue weighted by Crippen LogP contribution is 2.45. The highest BCUT2D eigenvalue weighted by molar-refractivity contribution is 5.83. The Morgan fingerprint density at radius 2 is 1.86 bits per heavy atom. The molecular weight excluding hydrogens is 256 g/mol. The van der Waals surface area contributed by atoms with E-state index in [1.807, 2.05) is 0 Å². The second-order valence-electron chi connectivity index (χ2n) is 8.05. The van der Waals surface area contributed by atoms with Gasteiger partial charge in [0.15, 0.2) is 0 Å². The van der Waals surface area contributed by atoms with Gasteiger partial charge in [-0.05, 0) is 49.0 Å². The van der Waals surface area contributed by atoms with Crippen molar-refractivity contribution in [3.63, 3.8) is 0 Å². The highest BCUT2D eigenvalue weighted by Gasteiger charge is 2.39. The van der Waals surface area contributed by atoms with Crippen LogP contribution in [-0.2, 0) is 11.2 Å². The molecule has 2 rings (SSSR count). The van der Waals surface area contributed by atoms with Gasteiger partial charge in [-0.15, -0.1) is 0 Å². The first-order chi connectivity index (χ1) is 9.78. The van der Waals surface area contributed by atoms with E-state index in [9.17, 15) is 4.79 Å². The quantitative estimate of drug-likeness (QED) is 0.743. The number of benzene rings is 1. The monoisotopic (exact) mass is 286 g/mol. The van der Waals surface area contributed by atoms with Gasteiger partial charge in [0.1, 0.15) is 5.78 Å². The molecule has 0 saturated heterocycles. The summed E-state index contributed by atoms with van der Waals surface area (Å²) in [5.41, 5.74) is 2.74. The van der Waals surface area contributed by atoms with E-state index in [2.05, 4.69) is 58.9 Å². The molecule has 0 heterocycles. The van der Waals surface area contributed by atoms with Gasteiger partial charge in [0.05, 0.1) is 0 Å². The first-order valence-electron chi connectivity index (χ1n) is 8.37. The summed E-state index contributed by atoms with van der Waals surface area (Å²) < 4.78 is 0. The lowest BCUT2D eigenvalue weighted by Crippen LogP contribution is -2.37. The predicted octanol–water partition coefficient (Wildman–Crippen LogP) is 5.21. The zero-order valence-electron chi connectivity index (χ0n) is 14.3. The van der Waals surface area contributed by atoms with Crippen LogP contribution in [0.1, 0.15) is 58.1 Å². The summed E-state index contributed by atoms with van der Waals surface area (Å²) in [6.07, 6.45) is 4.11. The highest BCUT2D eigenvalue weighted by atomic mass is 16.1. The van der Waals surface area contributed by atoms with Crippen LogP contribution in [0, 0.1) is 30.1 Å². The van der Waals surface area contributed by atoms with Crippen LogP contribution in [0.25, 0.3) is 0 Å². The summed E-state index contributed by atoms with van der Waals surface area (Å²) in [6, 6.07) is 8.41. The second-order valence-corrected chi connectivity index (χ2v) is 8.05. The molecule has 1 fully saturated rings. The van der Waals surface area contributed by atoms with Gasteiger partial charge in [-0.2, -0.15) is 0 Å². The Hall–Kier alpha value is -1.11. The fraction of sp³-hybridized carbons (Fsp3) is 0.650. The van der Waals surface area contributed by atoms with Crippen LogP contribution in [0.3, 0.4) is 0 Å². The fourth-order valence-electron chi connectivity index (χ4n) is 3.80. The Labute approximate surface area is 130 Å². The van der Waals surface area contributed by atoms with Gasteiger partial charge >= 0.3 is 0 Å². The number of carbonyl (C=O) groups excluding carboxylic acids is 1. The van der Waals surface area contributed by atoms with Gasteiger partial charge in [0, 0.05) is 12.3 Å². The second kappa shape index (κ2) is 6.34. The third-order valence-electron chi connectivity index (χ3n) is 5.21. The van der Waals surface area contributed by atoms with Gasteiger partial charge in [0.2, 0.25) is 0 Å². The summed E-state index contributed by atoms with van der Waals surface area (Å²) in [5, 5.41) is 0. The van der Waals surface area contributed by atoms with Gasteiger partial charge in [-0.25, -0.2) is 0 Å². The fourth-order valence-corrected chi connectivity index (χ4v) is 3.80. The maximum Gasteiger partial charge on any atom is 0.140 e. The summed E-state index contributed by atoms with van der Waals surface area (Å²) in [7, 11) is 0. The van der Waals surface area contributed by atoms with Gasteiger partial charge in [-0.3, -0.25) is 4.79 Å². The maximum absolute atomic E-state index is 12.9. The Morgan fingerprint density at radius 1 is 1.24 bits per heavy atom. The van der Waals surface area contributed by atoms with E-state index in [1.165, 1.54) is 18.4 Å². The molecule has 1 aliphatic carbocycles. The summed E-state index contributed by atoms with van der Waals surface area (Å²) in [6.45, 7) is 11.3. The summed E-state index contributed by atoms with van der Waals surface area (Å²) in [5.74, 6) is 1.87. The maximum atomic E-state index is 12.9. The van der Waals surface area contributed by atoms with Crippen LogP contribution >= 0.6 is 0 Å². The van der Waals surface area contributed by atoms with E-state index in [0.29, 0.717) is 29.5 Å². The number of rotatable bonds is 4. The molecule has 1 nitrogen and oxygen atoms in total. The third kappa shape index (κ3) is 4.18. The van der Waals surface area contributed by atoms with E-state index in [4.69, 9.17) is 0 Å². The van der Waals surface area contributed by atoms with Crippen LogP contribution in [0.15, 0.2) is 24.3 Å². The molecular formula is C20H30O. The van der Waals surface area contributed by atoms with Crippen molar-refractivity contribution >= 4 is 5.78 Å². The van der Waals surface area contributed by atoms with E-state index >= 15 is 0 Å². The first-order valence-corrected chi connectivity index (χ1v) is 8.37. The molecule has 1 aromatic carbocycles. The molecule has 1 aliphatic rings. The molecule has 0 N–H and O–H groups in total. The van der Waals surface area contributed by atoms with Crippen LogP contribution < -0.4 is 0 Å². The molecule has 2 atom stereocenters. The van der Waals surface area contributed by atoms with Crippen LogP contribution in [0.4, 0.5) is 0 Å². The largest absolute Gasteiger partial charge is 0.299 e. The number of aryl methyl sites for hydroxylation is 1. The van der Waals surface area contributed by atoms with E-state index in [1.54, 1.807) is 0 Å². The zero-order chi connectivity index (χ0) is 15.6. The molecule has 1 heteroatoms. The first kappa shape index (κ1) is 16.3. The number of hydrogen-bond acceptors (Lipinski definition) is 1. The van der Waals surface area contributed by atoms with Crippen LogP contribution in [-0.4, -0.2) is 5.78 Å². The van der Waals surface area contributed by atoms with Crippen molar-refractivity contribution in [1.29, 1.82) is 0 Å². The lowest BCUT2D eigenvalue weighted by Gasteiger charge is -2.42. The normalized spacial score (nSPS) is 25.0. The standard InChI is InChI=1S/C20H30O/c1-14(2)17-10-11-20(4,5)13-18(17)19(21)12-16-8-6-15(3)7-9-16/h6-9,14,17-18H,10-13H2,1-5H3. The molecule has 0 aromatic heterocycles. The Bertz CT molecular complexity index is 481. The average Bonchev–Trinajstić information content (AvgIpc) is 2.40. The minimum Gasteiger partial charge on any atom is -0.299 e. The summed E-state index contributed by atoms with van der Waals surface area (Å²) in [4.78, 5) is 12.9. The molecule has 0 amide bonds.